The lowest BCUT2D eigenvalue weighted by Crippen LogP contribution is -2.57. The highest BCUT2D eigenvalue weighted by molar-refractivity contribution is 4.88. The standard InChI is InChI=1S/C12H22F2N2/c1-2-8-6-15-12(16-7-8)9-3-4-10(13)11(14)5-9/h8-12,15-16H,2-7H2,1H3. The van der Waals surface area contributed by atoms with Gasteiger partial charge >= 0.3 is 0 Å². The van der Waals surface area contributed by atoms with Gasteiger partial charge in [0.1, 0.15) is 12.3 Å². The van der Waals surface area contributed by atoms with Crippen LogP contribution in [0.25, 0.3) is 0 Å². The molecular weight excluding hydrogens is 210 g/mol. The Labute approximate surface area is 96.2 Å². The molecule has 0 aromatic heterocycles. The van der Waals surface area contributed by atoms with E-state index in [1.807, 2.05) is 0 Å². The topological polar surface area (TPSA) is 24.1 Å². The average Bonchev–Trinajstić information content (AvgIpc) is 2.33. The Kier molecular flexibility index (Phi) is 4.14. The van der Waals surface area contributed by atoms with Crippen molar-refractivity contribution in [3.8, 4) is 0 Å². The zero-order valence-electron chi connectivity index (χ0n) is 9.89. The van der Waals surface area contributed by atoms with Gasteiger partial charge in [0.25, 0.3) is 0 Å². The van der Waals surface area contributed by atoms with Crippen molar-refractivity contribution in [1.82, 2.24) is 10.6 Å². The summed E-state index contributed by atoms with van der Waals surface area (Å²) in [7, 11) is 0. The minimum Gasteiger partial charge on any atom is -0.301 e. The van der Waals surface area contributed by atoms with Crippen LogP contribution in [0.2, 0.25) is 0 Å². The molecule has 1 saturated carbocycles. The fraction of sp³-hybridized carbons (Fsp3) is 1.00. The molecule has 1 saturated heterocycles. The Morgan fingerprint density at radius 1 is 1.06 bits per heavy atom. The number of hydrogen-bond acceptors (Lipinski definition) is 2. The van der Waals surface area contributed by atoms with Crippen LogP contribution in [0.5, 0.6) is 0 Å². The largest absolute Gasteiger partial charge is 0.301 e. The predicted octanol–water partition coefficient (Wildman–Crippen LogP) is 2.01. The molecule has 2 fully saturated rings. The van der Waals surface area contributed by atoms with Crippen molar-refractivity contribution in [1.29, 1.82) is 0 Å². The molecule has 1 aliphatic carbocycles. The van der Waals surface area contributed by atoms with Gasteiger partial charge in [-0.05, 0) is 31.1 Å². The Morgan fingerprint density at radius 2 is 1.75 bits per heavy atom. The van der Waals surface area contributed by atoms with Gasteiger partial charge in [-0.2, -0.15) is 0 Å². The van der Waals surface area contributed by atoms with Crippen LogP contribution in [-0.4, -0.2) is 31.6 Å². The molecule has 2 N–H and O–H groups in total. The zero-order chi connectivity index (χ0) is 11.5. The molecule has 3 atom stereocenters. The van der Waals surface area contributed by atoms with Gasteiger partial charge < -0.3 is 10.6 Å². The first-order chi connectivity index (χ1) is 7.70. The fourth-order valence-electron chi connectivity index (χ4n) is 2.77. The molecular formula is C12H22F2N2. The summed E-state index contributed by atoms with van der Waals surface area (Å²) in [6.07, 6.45) is 0.396. The molecule has 0 aromatic rings. The second kappa shape index (κ2) is 5.41. The quantitative estimate of drug-likeness (QED) is 0.761. The third kappa shape index (κ3) is 2.72. The van der Waals surface area contributed by atoms with E-state index >= 15 is 0 Å². The van der Waals surface area contributed by atoms with Gasteiger partial charge in [-0.15, -0.1) is 0 Å². The number of rotatable bonds is 2. The lowest BCUT2D eigenvalue weighted by molar-refractivity contribution is 0.0634. The van der Waals surface area contributed by atoms with Crippen LogP contribution in [0, 0.1) is 11.8 Å². The van der Waals surface area contributed by atoms with Crippen molar-refractivity contribution in [2.45, 2.75) is 51.1 Å². The summed E-state index contributed by atoms with van der Waals surface area (Å²) < 4.78 is 26.3. The molecule has 0 aromatic carbocycles. The SMILES string of the molecule is CCC1CNC(C2CCC(F)C(F)C2)NC1. The molecule has 4 heteroatoms. The third-order valence-electron chi connectivity index (χ3n) is 4.04. The molecule has 1 heterocycles. The molecule has 0 spiro atoms. The van der Waals surface area contributed by atoms with Crippen molar-refractivity contribution in [3.05, 3.63) is 0 Å². The van der Waals surface area contributed by atoms with Crippen LogP contribution in [0.4, 0.5) is 8.78 Å². The molecule has 0 bridgehead atoms. The van der Waals surface area contributed by atoms with E-state index in [0.717, 1.165) is 25.9 Å². The van der Waals surface area contributed by atoms with Crippen LogP contribution >= 0.6 is 0 Å². The number of halogens is 2. The Balaban J connectivity index is 1.81. The second-order valence-corrected chi connectivity index (χ2v) is 5.17. The lowest BCUT2D eigenvalue weighted by Gasteiger charge is -2.39. The van der Waals surface area contributed by atoms with Gasteiger partial charge in [-0.1, -0.05) is 13.3 Å². The third-order valence-corrected chi connectivity index (χ3v) is 4.04. The highest BCUT2D eigenvalue weighted by atomic mass is 19.2. The first kappa shape index (κ1) is 12.2. The number of alkyl halides is 2. The molecule has 3 unspecified atom stereocenters. The summed E-state index contributed by atoms with van der Waals surface area (Å²) >= 11 is 0. The van der Waals surface area contributed by atoms with Crippen molar-refractivity contribution < 1.29 is 8.78 Å². The molecule has 2 nitrogen and oxygen atoms in total. The normalized spacial score (nSPS) is 45.6. The highest BCUT2D eigenvalue weighted by Gasteiger charge is 2.35. The van der Waals surface area contributed by atoms with Gasteiger partial charge in [-0.25, -0.2) is 8.78 Å². The summed E-state index contributed by atoms with van der Waals surface area (Å²) in [5.41, 5.74) is 0. The van der Waals surface area contributed by atoms with Gasteiger partial charge in [-0.3, -0.25) is 0 Å². The van der Waals surface area contributed by atoms with E-state index in [4.69, 9.17) is 0 Å². The smallest absolute Gasteiger partial charge is 0.132 e. The molecule has 2 aliphatic rings. The second-order valence-electron chi connectivity index (χ2n) is 5.17. The first-order valence-electron chi connectivity index (χ1n) is 6.45. The molecule has 0 radical (unpaired) electrons. The van der Waals surface area contributed by atoms with Crippen LogP contribution in [0.15, 0.2) is 0 Å². The van der Waals surface area contributed by atoms with E-state index < -0.39 is 12.3 Å². The monoisotopic (exact) mass is 232 g/mol. The van der Waals surface area contributed by atoms with Crippen LogP contribution in [-0.2, 0) is 0 Å². The molecule has 16 heavy (non-hydrogen) atoms. The molecule has 2 rings (SSSR count). The summed E-state index contributed by atoms with van der Waals surface area (Å²) in [5, 5.41) is 6.85. The van der Waals surface area contributed by atoms with Crippen molar-refractivity contribution in [3.63, 3.8) is 0 Å². The maximum atomic E-state index is 13.3. The van der Waals surface area contributed by atoms with Gasteiger partial charge in [0.05, 0.1) is 6.17 Å². The molecule has 0 amide bonds. The maximum absolute atomic E-state index is 13.3. The Hall–Kier alpha value is -0.220. The van der Waals surface area contributed by atoms with Gasteiger partial charge in [0, 0.05) is 13.1 Å². The molecule has 1 aliphatic heterocycles. The Bertz CT molecular complexity index is 217. The number of nitrogens with one attached hydrogen (secondary N) is 2. The van der Waals surface area contributed by atoms with E-state index in [2.05, 4.69) is 17.6 Å². The van der Waals surface area contributed by atoms with E-state index in [-0.39, 0.29) is 12.1 Å². The maximum Gasteiger partial charge on any atom is 0.132 e. The summed E-state index contributed by atoms with van der Waals surface area (Å²) in [6, 6.07) is 0. The predicted molar refractivity (Wildman–Crippen MR) is 60.7 cm³/mol. The minimum absolute atomic E-state index is 0.188. The van der Waals surface area contributed by atoms with Crippen molar-refractivity contribution >= 4 is 0 Å². The van der Waals surface area contributed by atoms with E-state index in [1.54, 1.807) is 0 Å². The van der Waals surface area contributed by atoms with E-state index in [0.29, 0.717) is 18.8 Å². The summed E-state index contributed by atoms with van der Waals surface area (Å²) in [6.45, 7) is 4.18. The zero-order valence-corrected chi connectivity index (χ0v) is 9.89. The van der Waals surface area contributed by atoms with Gasteiger partial charge in [0.2, 0.25) is 0 Å². The summed E-state index contributed by atoms with van der Waals surface area (Å²) in [5.74, 6) is 0.926. The minimum atomic E-state index is -1.26. The Morgan fingerprint density at radius 3 is 2.31 bits per heavy atom. The van der Waals surface area contributed by atoms with Crippen LogP contribution in [0.3, 0.4) is 0 Å². The highest BCUT2D eigenvalue weighted by Crippen LogP contribution is 2.31. The molecule has 94 valence electrons. The van der Waals surface area contributed by atoms with Crippen molar-refractivity contribution in [2.75, 3.05) is 13.1 Å². The van der Waals surface area contributed by atoms with Gasteiger partial charge in [0.15, 0.2) is 0 Å². The summed E-state index contributed by atoms with van der Waals surface area (Å²) in [4.78, 5) is 0. The average molecular weight is 232 g/mol. The van der Waals surface area contributed by atoms with E-state index in [9.17, 15) is 8.78 Å². The first-order valence-corrected chi connectivity index (χ1v) is 6.45. The number of hydrogen-bond donors (Lipinski definition) is 2. The fourth-order valence-corrected chi connectivity index (χ4v) is 2.77. The lowest BCUT2D eigenvalue weighted by atomic mass is 9.83. The van der Waals surface area contributed by atoms with Crippen LogP contribution in [0.1, 0.15) is 32.6 Å². The van der Waals surface area contributed by atoms with E-state index in [1.165, 1.54) is 0 Å². The van der Waals surface area contributed by atoms with Crippen LogP contribution < -0.4 is 10.6 Å². The van der Waals surface area contributed by atoms with Crippen molar-refractivity contribution in [2.24, 2.45) is 11.8 Å².